The number of rotatable bonds is 7. The summed E-state index contributed by atoms with van der Waals surface area (Å²) in [4.78, 5) is 4.19. The van der Waals surface area contributed by atoms with Gasteiger partial charge in [-0.3, -0.25) is 0 Å². The molecule has 1 unspecified atom stereocenters. The first-order chi connectivity index (χ1) is 9.99. The zero-order valence-electron chi connectivity index (χ0n) is 11.9. The first-order valence-electron chi connectivity index (χ1n) is 6.80. The molecule has 1 aromatic carbocycles. The van der Waals surface area contributed by atoms with Crippen molar-refractivity contribution in [2.45, 2.75) is 30.8 Å². The third kappa shape index (κ3) is 4.38. The number of aromatic nitrogens is 2. The minimum absolute atomic E-state index is 0.193. The molecule has 6 nitrogen and oxygen atoms in total. The topological polar surface area (TPSA) is 90.0 Å². The Morgan fingerprint density at radius 3 is 2.90 bits per heavy atom. The Balaban J connectivity index is 1.93. The largest absolute Gasteiger partial charge is 0.337 e. The summed E-state index contributed by atoms with van der Waals surface area (Å²) in [6.45, 7) is 2.93. The van der Waals surface area contributed by atoms with Crippen LogP contribution >= 0.6 is 0 Å². The van der Waals surface area contributed by atoms with Crippen molar-refractivity contribution in [2.24, 2.45) is 5.73 Å². The van der Waals surface area contributed by atoms with Crippen molar-refractivity contribution in [2.75, 3.05) is 6.54 Å². The number of nitrogens with one attached hydrogen (secondary N) is 1. The highest BCUT2D eigenvalue weighted by molar-refractivity contribution is 7.89. The van der Waals surface area contributed by atoms with Crippen LogP contribution in [-0.2, 0) is 16.6 Å². The van der Waals surface area contributed by atoms with Crippen LogP contribution < -0.4 is 10.5 Å². The molecule has 114 valence electrons. The molecule has 1 atom stereocenters. The highest BCUT2D eigenvalue weighted by atomic mass is 32.2. The third-order valence-electron chi connectivity index (χ3n) is 3.14. The van der Waals surface area contributed by atoms with Gasteiger partial charge in [0.15, 0.2) is 0 Å². The Labute approximate surface area is 125 Å². The molecule has 0 bridgehead atoms. The molecular formula is C14H20N4O2S. The van der Waals surface area contributed by atoms with E-state index in [9.17, 15) is 8.42 Å². The normalized spacial score (nSPS) is 13.2. The van der Waals surface area contributed by atoms with Crippen molar-refractivity contribution >= 4 is 10.0 Å². The van der Waals surface area contributed by atoms with Gasteiger partial charge in [0.05, 0.1) is 11.2 Å². The maximum Gasteiger partial charge on any atom is 0.240 e. The molecule has 0 aliphatic rings. The van der Waals surface area contributed by atoms with Gasteiger partial charge in [0.2, 0.25) is 10.0 Å². The molecule has 0 aliphatic carbocycles. The second kappa shape index (κ2) is 6.84. The Morgan fingerprint density at radius 2 is 2.24 bits per heavy atom. The fourth-order valence-electron chi connectivity index (χ4n) is 1.94. The van der Waals surface area contributed by atoms with Crippen molar-refractivity contribution in [1.29, 1.82) is 0 Å². The fraction of sp³-hybridized carbons (Fsp3) is 0.357. The highest BCUT2D eigenvalue weighted by Crippen LogP contribution is 2.15. The molecule has 1 aromatic heterocycles. The first kappa shape index (κ1) is 15.7. The Bertz CT molecular complexity index is 666. The number of sulfonamides is 1. The molecule has 2 aromatic rings. The monoisotopic (exact) mass is 308 g/mol. The average Bonchev–Trinajstić information content (AvgIpc) is 2.97. The van der Waals surface area contributed by atoms with E-state index in [-0.39, 0.29) is 10.9 Å². The Kier molecular flexibility index (Phi) is 5.11. The molecule has 0 amide bonds. The molecular weight excluding hydrogens is 288 g/mol. The maximum atomic E-state index is 12.2. The number of imidazole rings is 1. The molecule has 0 spiro atoms. The lowest BCUT2D eigenvalue weighted by Crippen LogP contribution is -2.25. The summed E-state index contributed by atoms with van der Waals surface area (Å²) < 4.78 is 28.9. The van der Waals surface area contributed by atoms with E-state index in [4.69, 9.17) is 5.73 Å². The van der Waals surface area contributed by atoms with E-state index in [0.29, 0.717) is 13.0 Å². The first-order valence-corrected chi connectivity index (χ1v) is 8.28. The van der Waals surface area contributed by atoms with Gasteiger partial charge in [-0.05, 0) is 31.0 Å². The van der Waals surface area contributed by atoms with Gasteiger partial charge in [0.25, 0.3) is 0 Å². The molecule has 0 fully saturated rings. The molecule has 21 heavy (non-hydrogen) atoms. The van der Waals surface area contributed by atoms with E-state index in [1.165, 1.54) is 0 Å². The molecule has 0 aliphatic heterocycles. The number of nitrogens with zero attached hydrogens (tertiary/aromatic N) is 2. The van der Waals surface area contributed by atoms with Crippen LogP contribution in [0.2, 0.25) is 0 Å². The number of benzene rings is 1. The van der Waals surface area contributed by atoms with Gasteiger partial charge in [0.1, 0.15) is 0 Å². The Morgan fingerprint density at radius 1 is 1.43 bits per heavy atom. The van der Waals surface area contributed by atoms with Gasteiger partial charge < -0.3 is 10.3 Å². The molecule has 3 N–H and O–H groups in total. The van der Waals surface area contributed by atoms with Crippen molar-refractivity contribution in [3.63, 3.8) is 0 Å². The second-order valence-electron chi connectivity index (χ2n) is 4.91. The van der Waals surface area contributed by atoms with E-state index < -0.39 is 10.0 Å². The summed E-state index contributed by atoms with van der Waals surface area (Å²) in [7, 11) is -3.49. The van der Waals surface area contributed by atoms with E-state index in [1.807, 2.05) is 23.8 Å². The van der Waals surface area contributed by atoms with E-state index >= 15 is 0 Å². The van der Waals surface area contributed by atoms with Crippen LogP contribution in [0, 0.1) is 0 Å². The van der Waals surface area contributed by atoms with Crippen molar-refractivity contribution in [3.8, 4) is 0 Å². The lowest BCUT2D eigenvalue weighted by atomic mass is 10.1. The lowest BCUT2D eigenvalue weighted by molar-refractivity contribution is 0.569. The summed E-state index contributed by atoms with van der Waals surface area (Å²) in [5, 5.41) is 0. The van der Waals surface area contributed by atoms with Gasteiger partial charge in [-0.2, -0.15) is 0 Å². The van der Waals surface area contributed by atoms with Crippen LogP contribution in [0.3, 0.4) is 0 Å². The zero-order chi connectivity index (χ0) is 15.3. The summed E-state index contributed by atoms with van der Waals surface area (Å²) in [5.74, 6) is 0. The molecule has 0 saturated heterocycles. The summed E-state index contributed by atoms with van der Waals surface area (Å²) in [6.07, 6.45) is 5.95. The predicted molar refractivity (Wildman–Crippen MR) is 81.1 cm³/mol. The number of hydrogen-bond acceptors (Lipinski definition) is 4. The summed E-state index contributed by atoms with van der Waals surface area (Å²) in [6, 6.07) is 6.52. The molecule has 0 radical (unpaired) electrons. The van der Waals surface area contributed by atoms with E-state index in [0.717, 1.165) is 12.1 Å². The second-order valence-corrected chi connectivity index (χ2v) is 6.68. The maximum absolute atomic E-state index is 12.2. The van der Waals surface area contributed by atoms with Crippen LogP contribution in [0.4, 0.5) is 0 Å². The lowest BCUT2D eigenvalue weighted by Gasteiger charge is -2.10. The van der Waals surface area contributed by atoms with Crippen LogP contribution in [-0.4, -0.2) is 24.5 Å². The van der Waals surface area contributed by atoms with Gasteiger partial charge in [-0.25, -0.2) is 18.1 Å². The van der Waals surface area contributed by atoms with Gasteiger partial charge in [-0.15, -0.1) is 0 Å². The molecule has 0 saturated carbocycles. The molecule has 1 heterocycles. The SMILES string of the molecule is CC(N)c1cccc(S(=O)(=O)NCCCn2ccnc2)c1. The van der Waals surface area contributed by atoms with Gasteiger partial charge in [-0.1, -0.05) is 12.1 Å². The minimum atomic E-state index is -3.49. The van der Waals surface area contributed by atoms with Crippen LogP contribution in [0.1, 0.15) is 24.9 Å². The Hall–Kier alpha value is -1.70. The average molecular weight is 308 g/mol. The van der Waals surface area contributed by atoms with Gasteiger partial charge in [0, 0.05) is 31.5 Å². The summed E-state index contributed by atoms with van der Waals surface area (Å²) in [5.41, 5.74) is 6.58. The zero-order valence-corrected chi connectivity index (χ0v) is 12.8. The highest BCUT2D eigenvalue weighted by Gasteiger charge is 2.14. The standard InChI is InChI=1S/C14H20N4O2S/c1-12(15)13-4-2-5-14(10-13)21(19,20)17-6-3-8-18-9-7-16-11-18/h2,4-5,7,9-12,17H,3,6,8,15H2,1H3. The van der Waals surface area contributed by atoms with Crippen molar-refractivity contribution in [1.82, 2.24) is 14.3 Å². The number of hydrogen-bond donors (Lipinski definition) is 2. The van der Waals surface area contributed by atoms with Gasteiger partial charge >= 0.3 is 0 Å². The summed E-state index contributed by atoms with van der Waals surface area (Å²) >= 11 is 0. The molecule has 7 heteroatoms. The number of aryl methyl sites for hydroxylation is 1. The number of nitrogens with two attached hydrogens (primary N) is 1. The van der Waals surface area contributed by atoms with Crippen LogP contribution in [0.5, 0.6) is 0 Å². The van der Waals surface area contributed by atoms with Crippen LogP contribution in [0.15, 0.2) is 47.9 Å². The van der Waals surface area contributed by atoms with Crippen molar-refractivity contribution < 1.29 is 8.42 Å². The smallest absolute Gasteiger partial charge is 0.240 e. The van der Waals surface area contributed by atoms with Crippen molar-refractivity contribution in [3.05, 3.63) is 48.5 Å². The quantitative estimate of drug-likeness (QED) is 0.754. The molecule has 2 rings (SSSR count). The predicted octanol–water partition coefficient (Wildman–Crippen LogP) is 1.27. The van der Waals surface area contributed by atoms with E-state index in [2.05, 4.69) is 9.71 Å². The third-order valence-corrected chi connectivity index (χ3v) is 4.60. The van der Waals surface area contributed by atoms with E-state index in [1.54, 1.807) is 30.7 Å². The minimum Gasteiger partial charge on any atom is -0.337 e. The fourth-order valence-corrected chi connectivity index (χ4v) is 3.06. The van der Waals surface area contributed by atoms with Crippen LogP contribution in [0.25, 0.3) is 0 Å².